The summed E-state index contributed by atoms with van der Waals surface area (Å²) in [5, 5.41) is 12.5. The van der Waals surface area contributed by atoms with Crippen LogP contribution in [0.25, 0.3) is 0 Å². The predicted molar refractivity (Wildman–Crippen MR) is 93.1 cm³/mol. The Balaban J connectivity index is 1.63. The van der Waals surface area contributed by atoms with Crippen LogP contribution in [-0.2, 0) is 22.3 Å². The minimum Gasteiger partial charge on any atom is -0.407 e. The van der Waals surface area contributed by atoms with Crippen molar-refractivity contribution in [1.82, 2.24) is 5.32 Å². The van der Waals surface area contributed by atoms with E-state index in [0.717, 1.165) is 6.07 Å². The largest absolute Gasteiger partial charge is 0.416 e. The van der Waals surface area contributed by atoms with Gasteiger partial charge in [0.15, 0.2) is 0 Å². The molecule has 0 radical (unpaired) electrons. The van der Waals surface area contributed by atoms with E-state index in [1.54, 1.807) is 30.3 Å². The van der Waals surface area contributed by atoms with Gasteiger partial charge in [-0.25, -0.2) is 9.18 Å². The van der Waals surface area contributed by atoms with Gasteiger partial charge in [-0.1, -0.05) is 18.2 Å². The number of anilines is 1. The lowest BCUT2D eigenvalue weighted by molar-refractivity contribution is -0.175. The fraction of sp³-hybridized carbons (Fsp3) is 0.263. The number of ether oxygens (including phenoxy) is 1. The molecule has 2 amide bonds. The number of carbonyl (C=O) groups excluding carboxylic acids is 2. The first-order valence-electron chi connectivity index (χ1n) is 8.51. The van der Waals surface area contributed by atoms with E-state index in [1.807, 2.05) is 0 Å². The van der Waals surface area contributed by atoms with E-state index in [4.69, 9.17) is 4.74 Å². The number of rotatable bonds is 4. The summed E-state index contributed by atoms with van der Waals surface area (Å²) in [6.07, 6.45) is -6.16. The van der Waals surface area contributed by atoms with Crippen LogP contribution in [0, 0.1) is 5.82 Å². The number of aliphatic hydroxyl groups is 1. The normalized spacial score (nSPS) is 19.3. The molecule has 3 rings (SSSR count). The third kappa shape index (κ3) is 4.65. The Bertz CT molecular complexity index is 920. The lowest BCUT2D eigenvalue weighted by Crippen LogP contribution is -2.46. The van der Waals surface area contributed by atoms with Crippen molar-refractivity contribution in [3.8, 4) is 0 Å². The molecule has 154 valence electrons. The summed E-state index contributed by atoms with van der Waals surface area (Å²) in [5.41, 5.74) is -0.854. The van der Waals surface area contributed by atoms with Crippen molar-refractivity contribution < 1.29 is 37.0 Å². The monoisotopic (exact) mass is 412 g/mol. The molecule has 0 saturated carbocycles. The first-order chi connectivity index (χ1) is 13.6. The van der Waals surface area contributed by atoms with Gasteiger partial charge in [-0.15, -0.1) is 0 Å². The molecule has 2 aromatic rings. The van der Waals surface area contributed by atoms with Gasteiger partial charge in [0.25, 0.3) is 11.7 Å². The quantitative estimate of drug-likeness (QED) is 0.597. The zero-order valence-corrected chi connectivity index (χ0v) is 14.9. The molecule has 29 heavy (non-hydrogen) atoms. The van der Waals surface area contributed by atoms with E-state index in [2.05, 4.69) is 5.32 Å². The number of nitrogens with one attached hydrogen (secondary N) is 1. The minimum atomic E-state index is -4.75. The zero-order chi connectivity index (χ0) is 21.2. The molecule has 0 spiro atoms. The molecule has 10 heteroatoms. The van der Waals surface area contributed by atoms with Gasteiger partial charge in [0.05, 0.1) is 5.56 Å². The Morgan fingerprint density at radius 1 is 1.21 bits per heavy atom. The molecule has 1 fully saturated rings. The summed E-state index contributed by atoms with van der Waals surface area (Å²) in [6, 6.07) is 10.3. The molecular weight excluding hydrogens is 396 g/mol. The molecule has 1 saturated heterocycles. The van der Waals surface area contributed by atoms with E-state index in [-0.39, 0.29) is 18.5 Å². The van der Waals surface area contributed by atoms with Crippen molar-refractivity contribution >= 4 is 17.7 Å². The second-order valence-electron chi connectivity index (χ2n) is 6.42. The second-order valence-corrected chi connectivity index (χ2v) is 6.42. The fourth-order valence-electron chi connectivity index (χ4n) is 2.91. The summed E-state index contributed by atoms with van der Waals surface area (Å²) in [7, 11) is 0. The molecule has 6 nitrogen and oxygen atoms in total. The number of hydrogen-bond acceptors (Lipinski definition) is 4. The molecule has 1 atom stereocenters. The minimum absolute atomic E-state index is 0.103. The smallest absolute Gasteiger partial charge is 0.407 e. The lowest BCUT2D eigenvalue weighted by atomic mass is 10.1. The van der Waals surface area contributed by atoms with E-state index in [0.29, 0.717) is 17.8 Å². The molecule has 1 aliphatic rings. The van der Waals surface area contributed by atoms with Crippen LogP contribution in [0.5, 0.6) is 0 Å². The first kappa shape index (κ1) is 20.6. The number of alkyl halides is 3. The average molecular weight is 412 g/mol. The van der Waals surface area contributed by atoms with Crippen molar-refractivity contribution in [2.45, 2.75) is 24.9 Å². The zero-order valence-electron chi connectivity index (χ0n) is 14.9. The lowest BCUT2D eigenvalue weighted by Gasteiger charge is -2.22. The highest BCUT2D eigenvalue weighted by Gasteiger charge is 2.49. The number of alkyl carbamates (subject to hydrolysis) is 1. The molecular formula is C19H16F4N2O4. The van der Waals surface area contributed by atoms with E-state index < -0.39 is 41.9 Å². The van der Waals surface area contributed by atoms with E-state index >= 15 is 0 Å². The Morgan fingerprint density at radius 2 is 1.90 bits per heavy atom. The molecule has 0 aromatic heterocycles. The maximum atomic E-state index is 13.4. The highest BCUT2D eigenvalue weighted by Crippen LogP contribution is 2.31. The second kappa shape index (κ2) is 7.70. The Labute approximate surface area is 162 Å². The van der Waals surface area contributed by atoms with Gasteiger partial charge in [-0.3, -0.25) is 4.79 Å². The summed E-state index contributed by atoms with van der Waals surface area (Å²) in [4.78, 5) is 25.6. The summed E-state index contributed by atoms with van der Waals surface area (Å²) < 4.78 is 56.4. The fourth-order valence-corrected chi connectivity index (χ4v) is 2.91. The number of nitrogens with zero attached hydrogens (tertiary/aromatic N) is 1. The molecule has 0 unspecified atom stereocenters. The number of para-hydroxylation sites is 1. The first-order valence-corrected chi connectivity index (χ1v) is 8.51. The number of amides is 2. The SMILES string of the molecule is O=C(NCc1cc(F)cc(C(F)(F)F)c1)O[C@@]1(O)CCN(c2ccccc2)C1=O. The molecule has 0 bridgehead atoms. The van der Waals surface area contributed by atoms with E-state index in [1.165, 1.54) is 4.90 Å². The Kier molecular flexibility index (Phi) is 5.47. The number of carbonyl (C=O) groups is 2. The van der Waals surface area contributed by atoms with Gasteiger partial charge in [-0.2, -0.15) is 13.2 Å². The third-order valence-electron chi connectivity index (χ3n) is 4.30. The standard InChI is InChI=1S/C19H16F4N2O4/c20-14-9-12(8-13(10-14)19(21,22)23)11-24-17(27)29-18(28)6-7-25(16(18)26)15-4-2-1-3-5-15/h1-5,8-10,28H,6-7,11H2,(H,24,27)/t18-/m0/s1. The van der Waals surface area contributed by atoms with Gasteiger partial charge < -0.3 is 20.1 Å². The van der Waals surface area contributed by atoms with Gasteiger partial charge in [0.2, 0.25) is 0 Å². The van der Waals surface area contributed by atoms with Gasteiger partial charge in [-0.05, 0) is 35.9 Å². The topological polar surface area (TPSA) is 78.9 Å². The predicted octanol–water partition coefficient (Wildman–Crippen LogP) is 3.20. The summed E-state index contributed by atoms with van der Waals surface area (Å²) >= 11 is 0. The van der Waals surface area contributed by atoms with Gasteiger partial charge in [0, 0.05) is 25.2 Å². The third-order valence-corrected chi connectivity index (χ3v) is 4.30. The number of halogens is 4. The summed E-state index contributed by atoms with van der Waals surface area (Å²) in [5.74, 6) is -4.36. The van der Waals surface area contributed by atoms with Crippen LogP contribution < -0.4 is 10.2 Å². The van der Waals surface area contributed by atoms with Crippen molar-refractivity contribution in [3.63, 3.8) is 0 Å². The highest BCUT2D eigenvalue weighted by molar-refractivity contribution is 6.01. The molecule has 1 heterocycles. The van der Waals surface area contributed by atoms with Crippen LogP contribution >= 0.6 is 0 Å². The van der Waals surface area contributed by atoms with Crippen LogP contribution in [0.3, 0.4) is 0 Å². The van der Waals surface area contributed by atoms with E-state index in [9.17, 15) is 32.3 Å². The van der Waals surface area contributed by atoms with Crippen molar-refractivity contribution in [3.05, 3.63) is 65.5 Å². The van der Waals surface area contributed by atoms with Gasteiger partial charge in [0.1, 0.15) is 5.82 Å². The van der Waals surface area contributed by atoms with Crippen LogP contribution in [0.1, 0.15) is 17.5 Å². The Hall–Kier alpha value is -3.14. The maximum Gasteiger partial charge on any atom is 0.416 e. The number of benzene rings is 2. The van der Waals surface area contributed by atoms with Crippen LogP contribution in [0.2, 0.25) is 0 Å². The molecule has 2 aromatic carbocycles. The highest BCUT2D eigenvalue weighted by atomic mass is 19.4. The van der Waals surface area contributed by atoms with Crippen molar-refractivity contribution in [2.24, 2.45) is 0 Å². The number of hydrogen-bond donors (Lipinski definition) is 2. The van der Waals surface area contributed by atoms with Crippen LogP contribution in [-0.4, -0.2) is 29.4 Å². The Morgan fingerprint density at radius 3 is 2.55 bits per heavy atom. The van der Waals surface area contributed by atoms with Crippen molar-refractivity contribution in [2.75, 3.05) is 11.4 Å². The average Bonchev–Trinajstić information content (AvgIpc) is 2.94. The van der Waals surface area contributed by atoms with Crippen LogP contribution in [0.4, 0.5) is 28.0 Å². The summed E-state index contributed by atoms with van der Waals surface area (Å²) in [6.45, 7) is -0.391. The molecule has 1 aliphatic heterocycles. The molecule has 2 N–H and O–H groups in total. The van der Waals surface area contributed by atoms with Gasteiger partial charge >= 0.3 is 12.3 Å². The molecule has 0 aliphatic carbocycles. The van der Waals surface area contributed by atoms with Crippen molar-refractivity contribution in [1.29, 1.82) is 0 Å². The maximum absolute atomic E-state index is 13.4. The van der Waals surface area contributed by atoms with Crippen LogP contribution in [0.15, 0.2) is 48.5 Å².